The molecule has 0 heterocycles. The number of aliphatic imine (C=N–C) groups is 1. The molecule has 0 aliphatic rings. The molecule has 0 aliphatic carbocycles. The molecule has 0 N–H and O–H groups in total. The summed E-state index contributed by atoms with van der Waals surface area (Å²) < 4.78 is 0. The largest absolute Gasteiger partial charge is 0.266 e. The van der Waals surface area contributed by atoms with Crippen LogP contribution in [0, 0.1) is 0 Å². The Kier molecular flexibility index (Phi) is 9.31. The monoisotopic (exact) mass is 193 g/mol. The lowest BCUT2D eigenvalue weighted by molar-refractivity contribution is 1.31. The van der Waals surface area contributed by atoms with Gasteiger partial charge < -0.3 is 0 Å². The van der Waals surface area contributed by atoms with E-state index in [1.165, 1.54) is 0 Å². The van der Waals surface area contributed by atoms with E-state index in [2.05, 4.69) is 18.2 Å². The van der Waals surface area contributed by atoms with Gasteiger partial charge in [-0.25, -0.2) is 0 Å². The van der Waals surface area contributed by atoms with Gasteiger partial charge in [-0.05, 0) is 44.4 Å². The Balaban J connectivity index is 0. The van der Waals surface area contributed by atoms with Crippen LogP contribution in [0.2, 0.25) is 0 Å². The van der Waals surface area contributed by atoms with Gasteiger partial charge in [-0.15, -0.1) is 0 Å². The summed E-state index contributed by atoms with van der Waals surface area (Å²) in [6.45, 7) is 19.6. The molecule has 0 amide bonds. The van der Waals surface area contributed by atoms with E-state index in [4.69, 9.17) is 0 Å². The van der Waals surface area contributed by atoms with Crippen molar-refractivity contribution >= 4 is 5.71 Å². The van der Waals surface area contributed by atoms with Gasteiger partial charge in [0.25, 0.3) is 0 Å². The second-order valence-corrected chi connectivity index (χ2v) is 3.18. The first kappa shape index (κ1) is 15.4. The van der Waals surface area contributed by atoms with Crippen LogP contribution < -0.4 is 0 Å². The van der Waals surface area contributed by atoms with Crippen LogP contribution in [0.3, 0.4) is 0 Å². The van der Waals surface area contributed by atoms with Crippen LogP contribution in [0.15, 0.2) is 41.1 Å². The minimum absolute atomic E-state index is 1.01. The molecule has 0 aromatic carbocycles. The maximum atomic E-state index is 4.20. The highest BCUT2D eigenvalue weighted by Gasteiger charge is 1.96. The molecule has 0 saturated heterocycles. The number of allylic oxidation sites excluding steroid dienone is 3. The molecule has 0 unspecified atom stereocenters. The van der Waals surface area contributed by atoms with E-state index < -0.39 is 0 Å². The topological polar surface area (TPSA) is 12.4 Å². The van der Waals surface area contributed by atoms with Gasteiger partial charge in [-0.2, -0.15) is 0 Å². The second kappa shape index (κ2) is 8.49. The fourth-order valence-electron chi connectivity index (χ4n) is 0.778. The van der Waals surface area contributed by atoms with Gasteiger partial charge in [0, 0.05) is 11.9 Å². The predicted octanol–water partition coefficient (Wildman–Crippen LogP) is 4.53. The molecule has 0 bridgehead atoms. The number of nitrogens with zero attached hydrogens (tertiary/aromatic N) is 1. The summed E-state index contributed by atoms with van der Waals surface area (Å²) in [5.74, 6) is 0. The van der Waals surface area contributed by atoms with Crippen LogP contribution in [-0.2, 0) is 0 Å². The molecule has 0 aliphatic heterocycles. The summed E-state index contributed by atoms with van der Waals surface area (Å²) >= 11 is 0. The summed E-state index contributed by atoms with van der Waals surface area (Å²) in [5, 5.41) is 0. The van der Waals surface area contributed by atoms with E-state index in [9.17, 15) is 0 Å². The van der Waals surface area contributed by atoms with Crippen LogP contribution in [-0.4, -0.2) is 5.71 Å². The molecular formula is C13H23N. The van der Waals surface area contributed by atoms with Crippen molar-refractivity contribution in [2.75, 3.05) is 0 Å². The molecule has 1 nitrogen and oxygen atoms in total. The number of hydrogen-bond donors (Lipinski definition) is 0. The third-order valence-corrected chi connectivity index (χ3v) is 1.37. The average Bonchev–Trinajstić information content (AvgIpc) is 2.06. The van der Waals surface area contributed by atoms with Crippen LogP contribution >= 0.6 is 0 Å². The predicted molar refractivity (Wildman–Crippen MR) is 67.8 cm³/mol. The van der Waals surface area contributed by atoms with Gasteiger partial charge >= 0.3 is 0 Å². The van der Waals surface area contributed by atoms with Crippen molar-refractivity contribution in [3.8, 4) is 0 Å². The van der Waals surface area contributed by atoms with Gasteiger partial charge in [-0.3, -0.25) is 4.99 Å². The van der Waals surface area contributed by atoms with Crippen LogP contribution in [0.5, 0.6) is 0 Å². The first-order valence-corrected chi connectivity index (χ1v) is 4.98. The molecule has 80 valence electrons. The number of rotatable bonds is 3. The van der Waals surface area contributed by atoms with Gasteiger partial charge in [0.15, 0.2) is 0 Å². The Morgan fingerprint density at radius 3 is 1.50 bits per heavy atom. The second-order valence-electron chi connectivity index (χ2n) is 3.18. The lowest BCUT2D eigenvalue weighted by Crippen LogP contribution is -1.86. The third-order valence-electron chi connectivity index (χ3n) is 1.37. The Bertz CT molecular complexity index is 234. The molecule has 0 aromatic heterocycles. The standard InChI is InChI=1S/C11H17N.C2H6/c1-8(2)11(9(3)4)7-12-10(5)6;1-2/h7H,1,3H2,2,4-6H3;1-2H3. The molecule has 14 heavy (non-hydrogen) atoms. The fourth-order valence-corrected chi connectivity index (χ4v) is 0.778. The molecule has 0 fully saturated rings. The third kappa shape index (κ3) is 7.53. The lowest BCUT2D eigenvalue weighted by Gasteiger charge is -2.03. The van der Waals surface area contributed by atoms with E-state index >= 15 is 0 Å². The molecule has 0 aromatic rings. The minimum Gasteiger partial charge on any atom is -0.266 e. The highest BCUT2D eigenvalue weighted by Crippen LogP contribution is 2.15. The highest BCUT2D eigenvalue weighted by atomic mass is 14.7. The Morgan fingerprint density at radius 2 is 1.29 bits per heavy atom. The summed E-state index contributed by atoms with van der Waals surface area (Å²) in [4.78, 5) is 4.20. The van der Waals surface area contributed by atoms with E-state index in [0.29, 0.717) is 0 Å². The van der Waals surface area contributed by atoms with Crippen molar-refractivity contribution in [1.29, 1.82) is 0 Å². The quantitative estimate of drug-likeness (QED) is 0.461. The Hall–Kier alpha value is -1.11. The minimum atomic E-state index is 1.01. The summed E-state index contributed by atoms with van der Waals surface area (Å²) in [6.07, 6.45) is 1.82. The normalized spacial score (nSPS) is 7.86. The van der Waals surface area contributed by atoms with E-state index in [1.54, 1.807) is 0 Å². The van der Waals surface area contributed by atoms with Crippen molar-refractivity contribution in [2.45, 2.75) is 41.5 Å². The van der Waals surface area contributed by atoms with Crippen molar-refractivity contribution in [3.63, 3.8) is 0 Å². The molecule has 1 heteroatoms. The van der Waals surface area contributed by atoms with Gasteiger partial charge in [-0.1, -0.05) is 27.0 Å². The SMILES string of the molecule is C=C(C)C(=CN=C(C)C)C(=C)C.CC. The van der Waals surface area contributed by atoms with Gasteiger partial charge in [0.1, 0.15) is 0 Å². The average molecular weight is 193 g/mol. The van der Waals surface area contributed by atoms with Gasteiger partial charge in [0.2, 0.25) is 0 Å². The van der Waals surface area contributed by atoms with Crippen molar-refractivity contribution in [2.24, 2.45) is 4.99 Å². The fraction of sp³-hybridized carbons (Fsp3) is 0.462. The first-order chi connectivity index (χ1) is 6.45. The molecule has 0 spiro atoms. The smallest absolute Gasteiger partial charge is 0.0344 e. The molecular weight excluding hydrogens is 170 g/mol. The van der Waals surface area contributed by atoms with Crippen molar-refractivity contribution < 1.29 is 0 Å². The van der Waals surface area contributed by atoms with Gasteiger partial charge in [0.05, 0.1) is 0 Å². The number of hydrogen-bond acceptors (Lipinski definition) is 1. The van der Waals surface area contributed by atoms with Crippen LogP contribution in [0.25, 0.3) is 0 Å². The zero-order valence-electron chi connectivity index (χ0n) is 10.4. The van der Waals surface area contributed by atoms with Crippen molar-refractivity contribution in [1.82, 2.24) is 0 Å². The molecule has 0 rings (SSSR count). The van der Waals surface area contributed by atoms with Crippen LogP contribution in [0.1, 0.15) is 41.5 Å². The van der Waals surface area contributed by atoms with Crippen LogP contribution in [0.4, 0.5) is 0 Å². The Morgan fingerprint density at radius 1 is 0.929 bits per heavy atom. The molecule has 0 radical (unpaired) electrons. The molecule has 0 atom stereocenters. The van der Waals surface area contributed by atoms with E-state index in [-0.39, 0.29) is 0 Å². The zero-order chi connectivity index (χ0) is 11.7. The van der Waals surface area contributed by atoms with E-state index in [0.717, 1.165) is 22.4 Å². The maximum absolute atomic E-state index is 4.20. The zero-order valence-corrected chi connectivity index (χ0v) is 10.4. The summed E-state index contributed by atoms with van der Waals surface area (Å²) in [6, 6.07) is 0. The highest BCUT2D eigenvalue weighted by molar-refractivity contribution is 5.79. The summed E-state index contributed by atoms with van der Waals surface area (Å²) in [7, 11) is 0. The lowest BCUT2D eigenvalue weighted by atomic mass is 10.0. The maximum Gasteiger partial charge on any atom is 0.0344 e. The molecule has 0 saturated carbocycles. The summed E-state index contributed by atoms with van der Waals surface area (Å²) in [5.41, 5.74) is 4.09. The van der Waals surface area contributed by atoms with E-state index in [1.807, 2.05) is 47.7 Å². The Labute approximate surface area is 89.0 Å². The first-order valence-electron chi connectivity index (χ1n) is 4.98. The van der Waals surface area contributed by atoms with Crippen molar-refractivity contribution in [3.05, 3.63) is 36.1 Å².